The maximum Gasteiger partial charge on any atom is 0.408 e. The Morgan fingerprint density at radius 3 is 2.07 bits per heavy atom. The third kappa shape index (κ3) is 5.12. The minimum atomic E-state index is -3.87. The molecule has 0 aliphatic carbocycles. The number of benzene rings is 2. The molecule has 0 spiro atoms. The number of amides is 1. The largest absolute Gasteiger partial charge is 0.444 e. The summed E-state index contributed by atoms with van der Waals surface area (Å²) in [5.74, 6) is -5.24. The molecule has 1 atom stereocenters. The number of nitrogens with one attached hydrogen (secondary N) is 1. The molecule has 1 N–H and O–H groups in total. The molecule has 6 heteroatoms. The van der Waals surface area contributed by atoms with Crippen molar-refractivity contribution in [3.63, 3.8) is 0 Å². The fourth-order valence-corrected chi connectivity index (χ4v) is 2.61. The first-order valence-electron chi connectivity index (χ1n) is 8.55. The van der Waals surface area contributed by atoms with Gasteiger partial charge in [0.1, 0.15) is 11.6 Å². The monoisotopic (exact) mass is 375 g/mol. The van der Waals surface area contributed by atoms with Gasteiger partial charge in [-0.25, -0.2) is 4.79 Å². The fraction of sp³-hybridized carbons (Fsp3) is 0.333. The van der Waals surface area contributed by atoms with E-state index in [-0.39, 0.29) is 11.1 Å². The maximum absolute atomic E-state index is 15.2. The lowest BCUT2D eigenvalue weighted by atomic mass is 9.91. The van der Waals surface area contributed by atoms with Crippen molar-refractivity contribution >= 4 is 11.9 Å². The SMILES string of the molecule is Cc1ccccc1[C@H](NC(=O)OC(C)(C)C)C(F)(F)C(=O)c1ccccc1. The van der Waals surface area contributed by atoms with Crippen LogP contribution in [0.4, 0.5) is 13.6 Å². The van der Waals surface area contributed by atoms with Crippen LogP contribution in [0.25, 0.3) is 0 Å². The van der Waals surface area contributed by atoms with E-state index in [1.807, 2.05) is 0 Å². The van der Waals surface area contributed by atoms with Crippen molar-refractivity contribution in [2.24, 2.45) is 0 Å². The first-order valence-corrected chi connectivity index (χ1v) is 8.55. The van der Waals surface area contributed by atoms with Crippen LogP contribution in [0, 0.1) is 6.92 Å². The predicted molar refractivity (Wildman–Crippen MR) is 99.0 cm³/mol. The second-order valence-corrected chi connectivity index (χ2v) is 7.25. The van der Waals surface area contributed by atoms with Crippen LogP contribution in [-0.2, 0) is 4.74 Å². The molecule has 0 saturated heterocycles. The van der Waals surface area contributed by atoms with E-state index in [9.17, 15) is 9.59 Å². The van der Waals surface area contributed by atoms with Crippen molar-refractivity contribution in [1.82, 2.24) is 5.32 Å². The van der Waals surface area contributed by atoms with Crippen LogP contribution in [-0.4, -0.2) is 23.4 Å². The van der Waals surface area contributed by atoms with E-state index in [1.165, 1.54) is 30.3 Å². The summed E-state index contributed by atoms with van der Waals surface area (Å²) < 4.78 is 35.5. The summed E-state index contributed by atoms with van der Waals surface area (Å²) in [6.07, 6.45) is -1.02. The van der Waals surface area contributed by atoms with Crippen LogP contribution in [0.2, 0.25) is 0 Å². The molecule has 0 aromatic heterocycles. The van der Waals surface area contributed by atoms with Gasteiger partial charge in [0.15, 0.2) is 0 Å². The number of hydrogen-bond acceptors (Lipinski definition) is 3. The van der Waals surface area contributed by atoms with Crippen molar-refractivity contribution in [2.75, 3.05) is 0 Å². The summed E-state index contributed by atoms with van der Waals surface area (Å²) >= 11 is 0. The first-order chi connectivity index (χ1) is 12.5. The number of ether oxygens (including phenoxy) is 1. The highest BCUT2D eigenvalue weighted by atomic mass is 19.3. The number of carbonyl (C=O) groups is 2. The molecular weight excluding hydrogens is 352 g/mol. The number of halogens is 2. The molecule has 144 valence electrons. The van der Waals surface area contributed by atoms with Crippen molar-refractivity contribution in [2.45, 2.75) is 45.3 Å². The Labute approximate surface area is 157 Å². The van der Waals surface area contributed by atoms with Gasteiger partial charge in [-0.15, -0.1) is 0 Å². The first kappa shape index (κ1) is 20.6. The van der Waals surface area contributed by atoms with Crippen molar-refractivity contribution in [3.8, 4) is 0 Å². The number of rotatable bonds is 5. The Balaban J connectivity index is 2.43. The number of alkyl halides is 2. The number of ketones is 1. The normalized spacial score (nSPS) is 13.0. The van der Waals surface area contributed by atoms with Gasteiger partial charge in [0.05, 0.1) is 0 Å². The molecular formula is C21H23F2NO3. The van der Waals surface area contributed by atoms with Crippen LogP contribution >= 0.6 is 0 Å². The molecule has 0 aliphatic heterocycles. The van der Waals surface area contributed by atoms with Gasteiger partial charge in [0, 0.05) is 5.56 Å². The molecule has 2 aromatic rings. The topological polar surface area (TPSA) is 55.4 Å². The van der Waals surface area contributed by atoms with E-state index >= 15 is 8.78 Å². The molecule has 2 rings (SSSR count). The van der Waals surface area contributed by atoms with E-state index in [1.54, 1.807) is 52.0 Å². The lowest BCUT2D eigenvalue weighted by molar-refractivity contribution is -0.0209. The van der Waals surface area contributed by atoms with Gasteiger partial charge >= 0.3 is 12.0 Å². The van der Waals surface area contributed by atoms with Gasteiger partial charge in [0.2, 0.25) is 5.78 Å². The van der Waals surface area contributed by atoms with E-state index in [0.29, 0.717) is 5.56 Å². The predicted octanol–water partition coefficient (Wildman–Crippen LogP) is 5.08. The van der Waals surface area contributed by atoms with Crippen LogP contribution in [0.5, 0.6) is 0 Å². The zero-order valence-corrected chi connectivity index (χ0v) is 15.8. The summed E-state index contributed by atoms with van der Waals surface area (Å²) in [6, 6.07) is 11.8. The summed E-state index contributed by atoms with van der Waals surface area (Å²) in [5.41, 5.74) is -0.317. The Hall–Kier alpha value is -2.76. The van der Waals surface area contributed by atoms with Crippen LogP contribution in [0.15, 0.2) is 54.6 Å². The minimum Gasteiger partial charge on any atom is -0.444 e. The summed E-state index contributed by atoms with van der Waals surface area (Å²) in [6.45, 7) is 6.52. The highest BCUT2D eigenvalue weighted by molar-refractivity contribution is 6.02. The van der Waals surface area contributed by atoms with Gasteiger partial charge in [0.25, 0.3) is 0 Å². The highest BCUT2D eigenvalue weighted by Crippen LogP contribution is 2.36. The summed E-state index contributed by atoms with van der Waals surface area (Å²) in [5, 5.41) is 2.19. The molecule has 0 unspecified atom stereocenters. The number of alkyl carbamates (subject to hydrolysis) is 1. The van der Waals surface area contributed by atoms with E-state index in [2.05, 4.69) is 5.32 Å². The minimum absolute atomic E-state index is 0.132. The van der Waals surface area contributed by atoms with E-state index in [0.717, 1.165) is 0 Å². The van der Waals surface area contributed by atoms with Crippen LogP contribution in [0.3, 0.4) is 0 Å². The van der Waals surface area contributed by atoms with Crippen LogP contribution < -0.4 is 5.32 Å². The number of aryl methyl sites for hydroxylation is 1. The van der Waals surface area contributed by atoms with Gasteiger partial charge in [-0.3, -0.25) is 4.79 Å². The molecule has 0 saturated carbocycles. The van der Waals surface area contributed by atoms with Gasteiger partial charge in [-0.2, -0.15) is 8.78 Å². The summed E-state index contributed by atoms with van der Waals surface area (Å²) in [4.78, 5) is 24.7. The van der Waals surface area contributed by atoms with Gasteiger partial charge < -0.3 is 10.1 Å². The standard InChI is InChI=1S/C21H23F2NO3/c1-14-10-8-9-13-16(14)17(24-19(26)27-20(2,3)4)21(22,23)18(25)15-11-6-5-7-12-15/h5-13,17H,1-4H3,(H,24,26)/t17-/m0/s1. The Bertz CT molecular complexity index is 814. The molecule has 2 aromatic carbocycles. The highest BCUT2D eigenvalue weighted by Gasteiger charge is 2.49. The van der Waals surface area contributed by atoms with Crippen molar-refractivity contribution in [3.05, 3.63) is 71.3 Å². The third-order valence-electron chi connectivity index (χ3n) is 3.86. The number of hydrogen-bond donors (Lipinski definition) is 1. The average Bonchev–Trinajstić information content (AvgIpc) is 2.59. The molecule has 0 radical (unpaired) electrons. The molecule has 0 aliphatic rings. The Morgan fingerprint density at radius 2 is 1.52 bits per heavy atom. The van der Waals surface area contributed by atoms with Crippen LogP contribution in [0.1, 0.15) is 48.3 Å². The zero-order valence-electron chi connectivity index (χ0n) is 15.8. The Kier molecular flexibility index (Phi) is 5.98. The second kappa shape index (κ2) is 7.86. The zero-order chi connectivity index (χ0) is 20.2. The van der Waals surface area contributed by atoms with Crippen molar-refractivity contribution in [1.29, 1.82) is 0 Å². The van der Waals surface area contributed by atoms with Crippen molar-refractivity contribution < 1.29 is 23.1 Å². The summed E-state index contributed by atoms with van der Waals surface area (Å²) in [7, 11) is 0. The van der Waals surface area contributed by atoms with E-state index < -0.39 is 29.4 Å². The number of Topliss-reactive ketones (excluding diaryl/α,β-unsaturated/α-hetero) is 1. The molecule has 4 nitrogen and oxygen atoms in total. The molecule has 0 bridgehead atoms. The molecule has 1 amide bonds. The van der Waals surface area contributed by atoms with Gasteiger partial charge in [-0.05, 0) is 38.8 Å². The lowest BCUT2D eigenvalue weighted by Gasteiger charge is -2.29. The maximum atomic E-state index is 15.2. The van der Waals surface area contributed by atoms with Gasteiger partial charge in [-0.1, -0.05) is 54.6 Å². The average molecular weight is 375 g/mol. The molecule has 0 fully saturated rings. The smallest absolute Gasteiger partial charge is 0.408 e. The quantitative estimate of drug-likeness (QED) is 0.742. The lowest BCUT2D eigenvalue weighted by Crippen LogP contribution is -2.47. The fourth-order valence-electron chi connectivity index (χ4n) is 2.61. The molecule has 0 heterocycles. The molecule has 27 heavy (non-hydrogen) atoms. The van der Waals surface area contributed by atoms with E-state index in [4.69, 9.17) is 4.74 Å². The second-order valence-electron chi connectivity index (χ2n) is 7.25. The number of carbonyl (C=O) groups excluding carboxylic acids is 2. The Morgan fingerprint density at radius 1 is 0.963 bits per heavy atom. The third-order valence-corrected chi connectivity index (χ3v) is 3.86.